The summed E-state index contributed by atoms with van der Waals surface area (Å²) in [6.07, 6.45) is -4.86. The van der Waals surface area contributed by atoms with Crippen LogP contribution >= 0.6 is 0 Å². The van der Waals surface area contributed by atoms with E-state index in [9.17, 15) is 18.0 Å². The highest BCUT2D eigenvalue weighted by Gasteiger charge is 2.38. The second-order valence-electron chi connectivity index (χ2n) is 4.78. The molecule has 0 saturated heterocycles. The van der Waals surface area contributed by atoms with Gasteiger partial charge in [0.05, 0.1) is 0 Å². The summed E-state index contributed by atoms with van der Waals surface area (Å²) in [5.41, 5.74) is 1.05. The molecule has 1 rings (SSSR count). The van der Waals surface area contributed by atoms with Crippen LogP contribution in [0.1, 0.15) is 26.3 Å². The number of nitrogens with one attached hydrogen (secondary N) is 1. The van der Waals surface area contributed by atoms with Gasteiger partial charge in [-0.1, -0.05) is 32.9 Å². The molecule has 1 aromatic carbocycles. The van der Waals surface area contributed by atoms with Gasteiger partial charge in [-0.2, -0.15) is 13.2 Å². The van der Waals surface area contributed by atoms with Gasteiger partial charge in [0.25, 0.3) is 0 Å². The average molecular weight is 245 g/mol. The number of hydrogen-bond donors (Lipinski definition) is 1. The van der Waals surface area contributed by atoms with Gasteiger partial charge in [-0.25, -0.2) is 0 Å². The van der Waals surface area contributed by atoms with E-state index in [1.54, 1.807) is 17.4 Å². The fraction of sp³-hybridized carbons (Fsp3) is 0.417. The van der Waals surface area contributed by atoms with Crippen LogP contribution in [0.3, 0.4) is 0 Å². The first-order valence-corrected chi connectivity index (χ1v) is 5.09. The lowest BCUT2D eigenvalue weighted by Gasteiger charge is -2.19. The fourth-order valence-corrected chi connectivity index (χ4v) is 1.26. The van der Waals surface area contributed by atoms with Crippen molar-refractivity contribution in [1.29, 1.82) is 0 Å². The van der Waals surface area contributed by atoms with Crippen molar-refractivity contribution in [3.05, 3.63) is 29.8 Å². The first-order valence-electron chi connectivity index (χ1n) is 5.09. The van der Waals surface area contributed by atoms with Gasteiger partial charge < -0.3 is 5.32 Å². The van der Waals surface area contributed by atoms with Crippen LogP contribution in [0.2, 0.25) is 0 Å². The molecule has 0 heterocycles. The smallest absolute Gasteiger partial charge is 0.318 e. The highest BCUT2D eigenvalue weighted by Crippen LogP contribution is 2.24. The van der Waals surface area contributed by atoms with Gasteiger partial charge in [0.15, 0.2) is 0 Å². The number of alkyl halides is 3. The quantitative estimate of drug-likeness (QED) is 0.806. The predicted molar refractivity (Wildman–Crippen MR) is 59.8 cm³/mol. The fourth-order valence-electron chi connectivity index (χ4n) is 1.26. The maximum atomic E-state index is 12.0. The van der Waals surface area contributed by atoms with E-state index in [1.807, 2.05) is 20.8 Å². The monoisotopic (exact) mass is 245 g/mol. The zero-order valence-corrected chi connectivity index (χ0v) is 9.85. The molecular weight excluding hydrogens is 231 g/mol. The summed E-state index contributed by atoms with van der Waals surface area (Å²) in [7, 11) is 0. The standard InChI is InChI=1S/C12H14F3NO/c1-11(2,3)8-4-6-9(7-5-8)16-10(17)12(13,14)15/h4-7H,1-3H3,(H,16,17). The van der Waals surface area contributed by atoms with Gasteiger partial charge in [0.2, 0.25) is 0 Å². The minimum absolute atomic E-state index is 0.0768. The summed E-state index contributed by atoms with van der Waals surface area (Å²) in [5.74, 6) is -1.96. The summed E-state index contributed by atoms with van der Waals surface area (Å²) < 4.78 is 36.0. The van der Waals surface area contributed by atoms with Crippen molar-refractivity contribution in [3.63, 3.8) is 0 Å². The van der Waals surface area contributed by atoms with Crippen LogP contribution in [-0.2, 0) is 10.2 Å². The van der Waals surface area contributed by atoms with Crippen LogP contribution in [-0.4, -0.2) is 12.1 Å². The minimum Gasteiger partial charge on any atom is -0.318 e. The maximum Gasteiger partial charge on any atom is 0.471 e. The van der Waals surface area contributed by atoms with Gasteiger partial charge >= 0.3 is 12.1 Å². The Morgan fingerprint density at radius 2 is 1.53 bits per heavy atom. The number of halogens is 3. The molecular formula is C12H14F3NO. The van der Waals surface area contributed by atoms with Crippen LogP contribution in [0.5, 0.6) is 0 Å². The van der Waals surface area contributed by atoms with E-state index >= 15 is 0 Å². The number of anilines is 1. The predicted octanol–water partition coefficient (Wildman–Crippen LogP) is 3.48. The summed E-state index contributed by atoms with van der Waals surface area (Å²) in [6, 6.07) is 6.33. The Bertz CT molecular complexity index is 401. The lowest BCUT2D eigenvalue weighted by molar-refractivity contribution is -0.167. The molecule has 2 nitrogen and oxygen atoms in total. The summed E-state index contributed by atoms with van der Waals surface area (Å²) in [5, 5.41) is 1.80. The van der Waals surface area contributed by atoms with E-state index in [4.69, 9.17) is 0 Å². The second kappa shape index (κ2) is 4.39. The lowest BCUT2D eigenvalue weighted by Crippen LogP contribution is -2.29. The molecule has 0 unspecified atom stereocenters. The van der Waals surface area contributed by atoms with Crippen molar-refractivity contribution in [2.75, 3.05) is 5.32 Å². The van der Waals surface area contributed by atoms with Crippen molar-refractivity contribution >= 4 is 11.6 Å². The third kappa shape index (κ3) is 3.76. The van der Waals surface area contributed by atoms with Gasteiger partial charge in [0.1, 0.15) is 0 Å². The Balaban J connectivity index is 2.80. The molecule has 5 heteroatoms. The van der Waals surface area contributed by atoms with Crippen molar-refractivity contribution in [1.82, 2.24) is 0 Å². The molecule has 0 radical (unpaired) electrons. The summed E-state index contributed by atoms with van der Waals surface area (Å²) >= 11 is 0. The number of rotatable bonds is 1. The van der Waals surface area contributed by atoms with Gasteiger partial charge in [0, 0.05) is 5.69 Å². The largest absolute Gasteiger partial charge is 0.471 e. The van der Waals surface area contributed by atoms with Crippen molar-refractivity contribution in [2.45, 2.75) is 32.4 Å². The van der Waals surface area contributed by atoms with E-state index in [-0.39, 0.29) is 11.1 Å². The topological polar surface area (TPSA) is 29.1 Å². The lowest BCUT2D eigenvalue weighted by atomic mass is 9.87. The average Bonchev–Trinajstić information content (AvgIpc) is 2.15. The zero-order chi connectivity index (χ0) is 13.3. The Morgan fingerprint density at radius 3 is 1.88 bits per heavy atom. The molecule has 94 valence electrons. The van der Waals surface area contributed by atoms with Crippen LogP contribution < -0.4 is 5.32 Å². The van der Waals surface area contributed by atoms with Crippen LogP contribution in [0.25, 0.3) is 0 Å². The molecule has 1 N–H and O–H groups in total. The van der Waals surface area contributed by atoms with E-state index in [0.717, 1.165) is 5.56 Å². The van der Waals surface area contributed by atoms with E-state index < -0.39 is 12.1 Å². The number of carbonyl (C=O) groups excluding carboxylic acids is 1. The third-order valence-electron chi connectivity index (χ3n) is 2.27. The van der Waals surface area contributed by atoms with E-state index in [1.165, 1.54) is 12.1 Å². The Hall–Kier alpha value is -1.52. The third-order valence-corrected chi connectivity index (χ3v) is 2.27. The molecule has 0 spiro atoms. The molecule has 17 heavy (non-hydrogen) atoms. The van der Waals surface area contributed by atoms with Crippen LogP contribution in [0, 0.1) is 0 Å². The zero-order valence-electron chi connectivity index (χ0n) is 9.85. The van der Waals surface area contributed by atoms with Gasteiger partial charge in [-0.3, -0.25) is 4.79 Å². The summed E-state index contributed by atoms with van der Waals surface area (Å²) in [4.78, 5) is 10.7. The number of amides is 1. The Labute approximate surface area is 97.8 Å². The van der Waals surface area contributed by atoms with Gasteiger partial charge in [-0.05, 0) is 23.1 Å². The Morgan fingerprint density at radius 1 is 1.06 bits per heavy atom. The molecule has 0 aliphatic heterocycles. The van der Waals surface area contributed by atoms with Crippen molar-refractivity contribution in [3.8, 4) is 0 Å². The Kier molecular flexibility index (Phi) is 3.50. The highest BCUT2D eigenvalue weighted by molar-refractivity contribution is 5.94. The van der Waals surface area contributed by atoms with Crippen molar-refractivity contribution < 1.29 is 18.0 Å². The minimum atomic E-state index is -4.86. The SMILES string of the molecule is CC(C)(C)c1ccc(NC(=O)C(F)(F)F)cc1. The van der Waals surface area contributed by atoms with Crippen LogP contribution in [0.4, 0.5) is 18.9 Å². The van der Waals surface area contributed by atoms with E-state index in [0.29, 0.717) is 0 Å². The number of carbonyl (C=O) groups is 1. The van der Waals surface area contributed by atoms with Gasteiger partial charge in [-0.15, -0.1) is 0 Å². The molecule has 0 atom stereocenters. The molecule has 0 fully saturated rings. The number of hydrogen-bond acceptors (Lipinski definition) is 1. The summed E-state index contributed by atoms with van der Waals surface area (Å²) in [6.45, 7) is 5.99. The molecule has 0 saturated carbocycles. The molecule has 0 aromatic heterocycles. The normalized spacial score (nSPS) is 12.4. The molecule has 1 amide bonds. The van der Waals surface area contributed by atoms with Crippen molar-refractivity contribution in [2.24, 2.45) is 0 Å². The van der Waals surface area contributed by atoms with Crippen LogP contribution in [0.15, 0.2) is 24.3 Å². The molecule has 1 aromatic rings. The molecule has 0 bridgehead atoms. The second-order valence-corrected chi connectivity index (χ2v) is 4.78. The van der Waals surface area contributed by atoms with E-state index in [2.05, 4.69) is 0 Å². The molecule has 0 aliphatic carbocycles. The maximum absolute atomic E-state index is 12.0. The first kappa shape index (κ1) is 13.5. The highest BCUT2D eigenvalue weighted by atomic mass is 19.4. The number of benzene rings is 1. The molecule has 0 aliphatic rings. The first-order chi connectivity index (χ1) is 7.60.